The van der Waals surface area contributed by atoms with Gasteiger partial charge >= 0.3 is 0 Å². The Balaban J connectivity index is 1.78. The second-order valence-corrected chi connectivity index (χ2v) is 4.74. The number of rotatable bonds is 4. The predicted octanol–water partition coefficient (Wildman–Crippen LogP) is 3.44. The first-order valence-corrected chi connectivity index (χ1v) is 6.76. The maximum atomic E-state index is 13.6. The molecule has 3 aromatic rings. The van der Waals surface area contributed by atoms with Crippen molar-refractivity contribution in [3.05, 3.63) is 72.3 Å². The van der Waals surface area contributed by atoms with E-state index in [1.54, 1.807) is 24.4 Å². The molecule has 0 amide bonds. The minimum absolute atomic E-state index is 0.165. The molecule has 110 valence electrons. The Morgan fingerprint density at radius 1 is 1.05 bits per heavy atom. The molecule has 0 saturated carbocycles. The van der Waals surface area contributed by atoms with Crippen LogP contribution in [0.4, 0.5) is 10.2 Å². The van der Waals surface area contributed by atoms with Gasteiger partial charge in [0.25, 0.3) is 0 Å². The van der Waals surface area contributed by atoms with E-state index in [1.165, 1.54) is 12.3 Å². The van der Waals surface area contributed by atoms with Gasteiger partial charge in [-0.2, -0.15) is 0 Å². The van der Waals surface area contributed by atoms with Gasteiger partial charge in [-0.05, 0) is 18.2 Å². The predicted molar refractivity (Wildman–Crippen MR) is 82.6 cm³/mol. The number of aromatic nitrogens is 2. The average molecular weight is 295 g/mol. The second-order valence-electron chi connectivity index (χ2n) is 4.74. The largest absolute Gasteiger partial charge is 0.489 e. The summed E-state index contributed by atoms with van der Waals surface area (Å²) < 4.78 is 19.2. The Kier molecular flexibility index (Phi) is 3.96. The van der Waals surface area contributed by atoms with Crippen molar-refractivity contribution >= 4 is 5.82 Å². The molecule has 2 aromatic carbocycles. The number of hydrogen-bond acceptors (Lipinski definition) is 4. The molecule has 0 aliphatic rings. The monoisotopic (exact) mass is 295 g/mol. The molecular formula is C17H14FN3O. The van der Waals surface area contributed by atoms with Crippen molar-refractivity contribution in [3.8, 4) is 17.0 Å². The minimum Gasteiger partial charge on any atom is -0.489 e. The summed E-state index contributed by atoms with van der Waals surface area (Å²) in [4.78, 5) is 8.23. The van der Waals surface area contributed by atoms with Crippen LogP contribution in [0.3, 0.4) is 0 Å². The van der Waals surface area contributed by atoms with Gasteiger partial charge < -0.3 is 10.5 Å². The first kappa shape index (κ1) is 14.0. The molecule has 1 aromatic heterocycles. The van der Waals surface area contributed by atoms with Crippen LogP contribution in [0.25, 0.3) is 11.3 Å². The van der Waals surface area contributed by atoms with Crippen LogP contribution in [-0.4, -0.2) is 9.97 Å². The zero-order valence-corrected chi connectivity index (χ0v) is 11.7. The van der Waals surface area contributed by atoms with Crippen molar-refractivity contribution in [2.45, 2.75) is 6.61 Å². The maximum Gasteiger partial charge on any atom is 0.142 e. The van der Waals surface area contributed by atoms with Crippen LogP contribution in [0.15, 0.2) is 60.9 Å². The summed E-state index contributed by atoms with van der Waals surface area (Å²) in [6, 6.07) is 13.9. The van der Waals surface area contributed by atoms with Crippen molar-refractivity contribution in [1.29, 1.82) is 0 Å². The summed E-state index contributed by atoms with van der Waals surface area (Å²) in [5.41, 5.74) is 7.65. The fourth-order valence-electron chi connectivity index (χ4n) is 2.04. The van der Waals surface area contributed by atoms with Gasteiger partial charge in [0.1, 0.15) is 24.0 Å². The molecule has 0 atom stereocenters. The topological polar surface area (TPSA) is 61.0 Å². The van der Waals surface area contributed by atoms with Crippen molar-refractivity contribution in [1.82, 2.24) is 9.97 Å². The molecule has 0 radical (unpaired) electrons. The van der Waals surface area contributed by atoms with Crippen LogP contribution in [0, 0.1) is 5.82 Å². The zero-order chi connectivity index (χ0) is 15.4. The number of nitrogens with two attached hydrogens (primary N) is 1. The molecular weight excluding hydrogens is 281 g/mol. The van der Waals surface area contributed by atoms with Gasteiger partial charge in [0.05, 0.1) is 18.1 Å². The molecule has 0 bridgehead atoms. The number of ether oxygens (including phenoxy) is 1. The van der Waals surface area contributed by atoms with Crippen molar-refractivity contribution in [3.63, 3.8) is 0 Å². The number of nitrogens with zero attached hydrogens (tertiary/aromatic N) is 2. The smallest absolute Gasteiger partial charge is 0.142 e. The quantitative estimate of drug-likeness (QED) is 0.801. The van der Waals surface area contributed by atoms with Crippen molar-refractivity contribution in [2.24, 2.45) is 0 Å². The molecule has 0 saturated heterocycles. The third-order valence-electron chi connectivity index (χ3n) is 3.14. The molecule has 0 fully saturated rings. The van der Waals surface area contributed by atoms with Gasteiger partial charge in [-0.3, -0.25) is 4.98 Å². The number of hydrogen-bond donors (Lipinski definition) is 1. The van der Waals surface area contributed by atoms with E-state index in [4.69, 9.17) is 10.5 Å². The second kappa shape index (κ2) is 6.22. The van der Waals surface area contributed by atoms with Crippen LogP contribution >= 0.6 is 0 Å². The van der Waals surface area contributed by atoms with E-state index in [0.29, 0.717) is 22.8 Å². The Bertz CT molecular complexity index is 792. The van der Waals surface area contributed by atoms with Crippen molar-refractivity contribution < 1.29 is 9.13 Å². The molecule has 5 heteroatoms. The summed E-state index contributed by atoms with van der Waals surface area (Å²) >= 11 is 0. The van der Waals surface area contributed by atoms with E-state index in [1.807, 2.05) is 24.3 Å². The highest BCUT2D eigenvalue weighted by Crippen LogP contribution is 2.23. The van der Waals surface area contributed by atoms with Crippen LogP contribution in [0.5, 0.6) is 5.75 Å². The van der Waals surface area contributed by atoms with E-state index in [0.717, 1.165) is 5.56 Å². The summed E-state index contributed by atoms with van der Waals surface area (Å²) in [6.07, 6.45) is 3.12. The molecule has 1 heterocycles. The Labute approximate surface area is 127 Å². The lowest BCUT2D eigenvalue weighted by Crippen LogP contribution is -1.98. The Morgan fingerprint density at radius 2 is 1.91 bits per heavy atom. The Morgan fingerprint density at radius 3 is 2.73 bits per heavy atom. The van der Waals surface area contributed by atoms with Crippen LogP contribution in [0.1, 0.15) is 5.56 Å². The third kappa shape index (κ3) is 3.20. The maximum absolute atomic E-state index is 13.6. The van der Waals surface area contributed by atoms with Gasteiger partial charge in [0, 0.05) is 11.1 Å². The Hall–Kier alpha value is -2.95. The summed E-state index contributed by atoms with van der Waals surface area (Å²) in [6.45, 7) is 0.165. The molecule has 2 N–H and O–H groups in total. The van der Waals surface area contributed by atoms with E-state index >= 15 is 0 Å². The molecule has 3 rings (SSSR count). The summed E-state index contributed by atoms with van der Waals surface area (Å²) in [5.74, 6) is 0.709. The molecule has 0 aliphatic heterocycles. The van der Waals surface area contributed by atoms with Gasteiger partial charge in [-0.25, -0.2) is 9.37 Å². The highest BCUT2D eigenvalue weighted by atomic mass is 19.1. The van der Waals surface area contributed by atoms with Gasteiger partial charge in [0.2, 0.25) is 0 Å². The highest BCUT2D eigenvalue weighted by molar-refractivity contribution is 5.61. The molecule has 22 heavy (non-hydrogen) atoms. The molecule has 4 nitrogen and oxygen atoms in total. The number of nitrogen functional groups attached to an aromatic ring is 1. The first-order valence-electron chi connectivity index (χ1n) is 6.76. The van der Waals surface area contributed by atoms with Gasteiger partial charge in [0.15, 0.2) is 0 Å². The molecule has 0 unspecified atom stereocenters. The lowest BCUT2D eigenvalue weighted by molar-refractivity contribution is 0.300. The van der Waals surface area contributed by atoms with Crippen LogP contribution < -0.4 is 10.5 Å². The van der Waals surface area contributed by atoms with E-state index in [9.17, 15) is 4.39 Å². The normalized spacial score (nSPS) is 10.4. The zero-order valence-electron chi connectivity index (χ0n) is 11.7. The van der Waals surface area contributed by atoms with Crippen LogP contribution in [-0.2, 0) is 6.61 Å². The number of anilines is 1. The SMILES string of the molecule is Nc1cncc(-c2cccc(OCc3ccccc3F)c2)n1. The minimum atomic E-state index is -0.277. The number of benzene rings is 2. The summed E-state index contributed by atoms with van der Waals surface area (Å²) in [7, 11) is 0. The van der Waals surface area contributed by atoms with Crippen molar-refractivity contribution in [2.75, 3.05) is 5.73 Å². The lowest BCUT2D eigenvalue weighted by Gasteiger charge is -2.08. The number of halogens is 1. The lowest BCUT2D eigenvalue weighted by atomic mass is 10.1. The van der Waals surface area contributed by atoms with Gasteiger partial charge in [-0.15, -0.1) is 0 Å². The molecule has 0 aliphatic carbocycles. The standard InChI is InChI=1S/C17H14FN3O/c18-15-7-2-1-4-13(15)11-22-14-6-3-5-12(8-14)16-9-20-10-17(19)21-16/h1-10H,11H2,(H2,19,21). The fraction of sp³-hybridized carbons (Fsp3) is 0.0588. The van der Waals surface area contributed by atoms with E-state index in [-0.39, 0.29) is 12.4 Å². The first-order chi connectivity index (χ1) is 10.7. The summed E-state index contributed by atoms with van der Waals surface area (Å²) in [5, 5.41) is 0. The van der Waals surface area contributed by atoms with Gasteiger partial charge in [-0.1, -0.05) is 30.3 Å². The molecule has 0 spiro atoms. The van der Waals surface area contributed by atoms with Crippen LogP contribution in [0.2, 0.25) is 0 Å². The third-order valence-corrected chi connectivity index (χ3v) is 3.14. The highest BCUT2D eigenvalue weighted by Gasteiger charge is 2.05. The van der Waals surface area contributed by atoms with E-state index < -0.39 is 0 Å². The average Bonchev–Trinajstić information content (AvgIpc) is 2.54. The fourth-order valence-corrected chi connectivity index (χ4v) is 2.04. The van der Waals surface area contributed by atoms with E-state index in [2.05, 4.69) is 9.97 Å².